The SMILES string of the molecule is CCOCc1ccc(N=C(NC(=O)OC(C)(C)C)Nc2c[nH]c(-c3ccccc3)c2)cc1.CCOCc1ccc(NC(=S)Nc2c[nH]c(-c3ccccc3)c2)cc1. The van der Waals surface area contributed by atoms with Crippen LogP contribution < -0.4 is 21.3 Å². The number of nitrogens with zero attached hydrogens (tertiary/aromatic N) is 1. The quantitative estimate of drug-likeness (QED) is 0.0410. The van der Waals surface area contributed by atoms with Crippen molar-refractivity contribution in [2.45, 2.75) is 53.4 Å². The predicted octanol–water partition coefficient (Wildman–Crippen LogP) is 10.9. The number of aromatic nitrogens is 2. The summed E-state index contributed by atoms with van der Waals surface area (Å²) in [6.07, 6.45) is 3.14. The number of aliphatic imine (C=N–C) groups is 1. The maximum Gasteiger partial charge on any atom is 0.414 e. The van der Waals surface area contributed by atoms with E-state index in [1.54, 1.807) is 0 Å². The molecule has 0 aliphatic rings. The van der Waals surface area contributed by atoms with E-state index in [1.165, 1.54) is 0 Å². The standard InChI is InChI=1S/C25H30N4O3.C20H21N3OS/c1-5-31-17-18-11-13-20(14-12-18)27-23(29-24(30)32-25(2,3)4)28-21-15-22(26-16-21)19-9-7-6-8-10-19;1-2-24-14-15-8-10-17(11-9-15)22-20(25)23-18-12-19(21-13-18)16-6-4-3-5-7-16/h6-16,26H,5,17H2,1-4H3,(H2,27,28,29,30);3-13,21H,2,14H2,1H3,(H2,22,23,25). The van der Waals surface area contributed by atoms with Crippen LogP contribution >= 0.6 is 12.2 Å². The van der Waals surface area contributed by atoms with Gasteiger partial charge in [-0.05, 0) is 105 Å². The van der Waals surface area contributed by atoms with Crippen molar-refractivity contribution in [1.82, 2.24) is 15.3 Å². The highest BCUT2D eigenvalue weighted by atomic mass is 32.1. The molecule has 0 spiro atoms. The van der Waals surface area contributed by atoms with Gasteiger partial charge in [0.2, 0.25) is 5.96 Å². The third kappa shape index (κ3) is 14.4. The minimum Gasteiger partial charge on any atom is -0.444 e. The molecule has 2 aromatic heterocycles. The number of hydrogen-bond acceptors (Lipinski definition) is 6. The van der Waals surface area contributed by atoms with Crippen LogP contribution in [0.5, 0.6) is 0 Å². The number of guanidine groups is 1. The maximum atomic E-state index is 12.4. The van der Waals surface area contributed by atoms with Gasteiger partial charge in [0.05, 0.1) is 30.3 Å². The van der Waals surface area contributed by atoms with Crippen LogP contribution in [0.15, 0.2) is 139 Å². The van der Waals surface area contributed by atoms with Crippen molar-refractivity contribution in [2.24, 2.45) is 4.99 Å². The molecule has 6 rings (SSSR count). The maximum absolute atomic E-state index is 12.4. The van der Waals surface area contributed by atoms with Crippen molar-refractivity contribution >= 4 is 52.1 Å². The number of hydrogen-bond donors (Lipinski definition) is 6. The highest BCUT2D eigenvalue weighted by Gasteiger charge is 2.18. The molecule has 0 saturated carbocycles. The van der Waals surface area contributed by atoms with Crippen LogP contribution in [0.2, 0.25) is 0 Å². The number of carbonyl (C=O) groups is 1. The van der Waals surface area contributed by atoms with E-state index in [0.717, 1.165) is 57.3 Å². The summed E-state index contributed by atoms with van der Waals surface area (Å²) in [7, 11) is 0. The molecule has 0 bridgehead atoms. The summed E-state index contributed by atoms with van der Waals surface area (Å²) in [6, 6.07) is 39.8. The van der Waals surface area contributed by atoms with E-state index < -0.39 is 11.7 Å². The molecule has 1 amide bonds. The fourth-order valence-electron chi connectivity index (χ4n) is 5.34. The van der Waals surface area contributed by atoms with Crippen molar-refractivity contribution in [3.8, 4) is 22.5 Å². The second kappa shape index (κ2) is 21.2. The van der Waals surface area contributed by atoms with Gasteiger partial charge in [0.1, 0.15) is 5.60 Å². The van der Waals surface area contributed by atoms with Gasteiger partial charge < -0.3 is 40.1 Å². The molecule has 0 aliphatic heterocycles. The molecule has 11 nitrogen and oxygen atoms in total. The average molecular weight is 786 g/mol. The summed E-state index contributed by atoms with van der Waals surface area (Å²) in [5.41, 5.74) is 9.07. The Bertz CT molecular complexity index is 2160. The number of ether oxygens (including phenoxy) is 3. The second-order valence-corrected chi connectivity index (χ2v) is 14.2. The van der Waals surface area contributed by atoms with Gasteiger partial charge in [-0.2, -0.15) is 0 Å². The van der Waals surface area contributed by atoms with E-state index in [9.17, 15) is 4.79 Å². The molecule has 6 N–H and O–H groups in total. The first-order valence-electron chi connectivity index (χ1n) is 18.8. The lowest BCUT2D eigenvalue weighted by Crippen LogP contribution is -2.39. The fraction of sp³-hybridized carbons (Fsp3) is 0.222. The van der Waals surface area contributed by atoms with E-state index in [1.807, 2.05) is 156 Å². The molecule has 296 valence electrons. The third-order valence-corrected chi connectivity index (χ3v) is 8.21. The van der Waals surface area contributed by atoms with E-state index in [4.69, 9.17) is 26.4 Å². The molecule has 2 heterocycles. The number of amides is 1. The number of anilines is 3. The largest absolute Gasteiger partial charge is 0.444 e. The smallest absolute Gasteiger partial charge is 0.414 e. The minimum absolute atomic E-state index is 0.260. The number of nitrogens with one attached hydrogen (secondary N) is 6. The van der Waals surface area contributed by atoms with E-state index in [2.05, 4.69) is 48.4 Å². The Morgan fingerprint density at radius 1 is 0.649 bits per heavy atom. The predicted molar refractivity (Wildman–Crippen MR) is 236 cm³/mol. The summed E-state index contributed by atoms with van der Waals surface area (Å²) in [5, 5.41) is 12.8. The van der Waals surface area contributed by atoms with E-state index >= 15 is 0 Å². The highest BCUT2D eigenvalue weighted by Crippen LogP contribution is 2.23. The Morgan fingerprint density at radius 3 is 1.61 bits per heavy atom. The summed E-state index contributed by atoms with van der Waals surface area (Å²) < 4.78 is 16.2. The van der Waals surface area contributed by atoms with Crippen LogP contribution in [-0.2, 0) is 27.4 Å². The third-order valence-electron chi connectivity index (χ3n) is 8.01. The molecule has 0 aliphatic carbocycles. The van der Waals surface area contributed by atoms with Gasteiger partial charge in [-0.25, -0.2) is 9.79 Å². The topological polar surface area (TPSA) is 137 Å². The second-order valence-electron chi connectivity index (χ2n) is 13.8. The number of H-pyrrole nitrogens is 2. The lowest BCUT2D eigenvalue weighted by Gasteiger charge is -2.20. The molecule has 4 aromatic carbocycles. The van der Waals surface area contributed by atoms with Crippen molar-refractivity contribution in [3.05, 3.63) is 145 Å². The zero-order valence-electron chi connectivity index (χ0n) is 33.0. The normalized spacial score (nSPS) is 11.2. The number of thiocarbonyl (C=S) groups is 1. The van der Waals surface area contributed by atoms with Gasteiger partial charge in [0, 0.05) is 42.7 Å². The lowest BCUT2D eigenvalue weighted by atomic mass is 10.1. The zero-order valence-corrected chi connectivity index (χ0v) is 33.8. The highest BCUT2D eigenvalue weighted by molar-refractivity contribution is 7.80. The molecule has 57 heavy (non-hydrogen) atoms. The van der Waals surface area contributed by atoms with Gasteiger partial charge in [-0.1, -0.05) is 84.9 Å². The average Bonchev–Trinajstić information content (AvgIpc) is 3.87. The summed E-state index contributed by atoms with van der Waals surface area (Å²) in [4.78, 5) is 23.4. The van der Waals surface area contributed by atoms with Crippen LogP contribution in [0.4, 0.5) is 27.5 Å². The summed E-state index contributed by atoms with van der Waals surface area (Å²) in [5.74, 6) is 0.260. The van der Waals surface area contributed by atoms with Crippen molar-refractivity contribution in [2.75, 3.05) is 29.2 Å². The molecule has 6 aromatic rings. The molecule has 12 heteroatoms. The Balaban J connectivity index is 0.000000224. The first kappa shape index (κ1) is 41.9. The molecule has 0 atom stereocenters. The fourth-order valence-corrected chi connectivity index (χ4v) is 5.58. The first-order chi connectivity index (χ1) is 27.6. The Labute approximate surface area is 340 Å². The molecular weight excluding hydrogens is 735 g/mol. The zero-order chi connectivity index (χ0) is 40.5. The van der Waals surface area contributed by atoms with Crippen LogP contribution in [0.3, 0.4) is 0 Å². The van der Waals surface area contributed by atoms with Crippen LogP contribution in [0.1, 0.15) is 45.7 Å². The Morgan fingerprint density at radius 2 is 1.12 bits per heavy atom. The Hall–Kier alpha value is -6.21. The summed E-state index contributed by atoms with van der Waals surface area (Å²) >= 11 is 5.39. The van der Waals surface area contributed by atoms with E-state index in [0.29, 0.717) is 30.6 Å². The molecule has 0 radical (unpaired) electrons. The molecule has 0 fully saturated rings. The molecule has 0 saturated heterocycles. The number of rotatable bonds is 12. The van der Waals surface area contributed by atoms with Crippen molar-refractivity contribution in [1.29, 1.82) is 0 Å². The summed E-state index contributed by atoms with van der Waals surface area (Å²) in [6.45, 7) is 11.9. The number of carbonyl (C=O) groups excluding carboxylic acids is 1. The monoisotopic (exact) mass is 785 g/mol. The van der Waals surface area contributed by atoms with Gasteiger partial charge in [-0.15, -0.1) is 0 Å². The van der Waals surface area contributed by atoms with Crippen molar-refractivity contribution < 1.29 is 19.0 Å². The molecular formula is C45H51N7O4S. The van der Waals surface area contributed by atoms with Gasteiger partial charge in [0.15, 0.2) is 5.11 Å². The van der Waals surface area contributed by atoms with Gasteiger partial charge in [-0.3, -0.25) is 5.32 Å². The number of aromatic amines is 2. The Kier molecular flexibility index (Phi) is 15.6. The van der Waals surface area contributed by atoms with Gasteiger partial charge >= 0.3 is 6.09 Å². The van der Waals surface area contributed by atoms with Crippen molar-refractivity contribution in [3.63, 3.8) is 0 Å². The molecule has 0 unspecified atom stereocenters. The van der Waals surface area contributed by atoms with E-state index in [-0.39, 0.29) is 5.96 Å². The lowest BCUT2D eigenvalue weighted by molar-refractivity contribution is 0.0563. The first-order valence-corrected chi connectivity index (χ1v) is 19.2. The van der Waals surface area contributed by atoms with Crippen LogP contribution in [0.25, 0.3) is 22.5 Å². The van der Waals surface area contributed by atoms with Crippen LogP contribution in [-0.4, -0.2) is 45.9 Å². The number of alkyl carbamates (subject to hydrolysis) is 1. The number of benzene rings is 4. The minimum atomic E-state index is -0.620. The van der Waals surface area contributed by atoms with Gasteiger partial charge in [0.25, 0.3) is 0 Å². The van der Waals surface area contributed by atoms with Crippen LogP contribution in [0, 0.1) is 0 Å².